The summed E-state index contributed by atoms with van der Waals surface area (Å²) in [5, 5.41) is 0. The molecule has 2 aliphatic heterocycles. The Balaban J connectivity index is 1.51. The summed E-state index contributed by atoms with van der Waals surface area (Å²) in [5.41, 5.74) is 0.922. The van der Waals surface area contributed by atoms with E-state index in [1.165, 1.54) is 0 Å². The minimum absolute atomic E-state index is 0.0159. The van der Waals surface area contributed by atoms with Gasteiger partial charge in [0.2, 0.25) is 18.6 Å². The molecule has 0 aliphatic carbocycles. The normalized spacial score (nSPS) is 17.2. The second kappa shape index (κ2) is 12.8. The molecule has 1 saturated heterocycles. The summed E-state index contributed by atoms with van der Waals surface area (Å²) in [6.45, 7) is 6.24. The van der Waals surface area contributed by atoms with Crippen molar-refractivity contribution in [2.75, 3.05) is 26.5 Å². The van der Waals surface area contributed by atoms with Crippen molar-refractivity contribution in [3.63, 3.8) is 0 Å². The van der Waals surface area contributed by atoms with Gasteiger partial charge in [-0.2, -0.15) is 0 Å². The average Bonchev–Trinajstić information content (AvgIpc) is 3.66. The topological polar surface area (TPSA) is 81.5 Å². The van der Waals surface area contributed by atoms with Crippen LogP contribution in [0.25, 0.3) is 0 Å². The molecule has 8 heteroatoms. The number of amides is 2. The summed E-state index contributed by atoms with van der Waals surface area (Å²) in [6, 6.07) is 9.36. The van der Waals surface area contributed by atoms with Crippen molar-refractivity contribution in [3.8, 4) is 11.5 Å². The lowest BCUT2D eigenvalue weighted by Crippen LogP contribution is -2.47. The quantitative estimate of drug-likeness (QED) is 0.396. The van der Waals surface area contributed by atoms with Gasteiger partial charge in [0, 0.05) is 25.6 Å². The van der Waals surface area contributed by atoms with Crippen molar-refractivity contribution in [2.24, 2.45) is 5.92 Å². The maximum absolute atomic E-state index is 13.7. The van der Waals surface area contributed by atoms with Gasteiger partial charge >= 0.3 is 0 Å². The van der Waals surface area contributed by atoms with Crippen LogP contribution in [0.15, 0.2) is 41.0 Å². The summed E-state index contributed by atoms with van der Waals surface area (Å²) >= 11 is 0. The van der Waals surface area contributed by atoms with Gasteiger partial charge in [-0.3, -0.25) is 9.59 Å². The van der Waals surface area contributed by atoms with Crippen LogP contribution in [0.2, 0.25) is 0 Å². The first-order valence-corrected chi connectivity index (χ1v) is 13.2. The third-order valence-corrected chi connectivity index (χ3v) is 6.92. The molecule has 0 unspecified atom stereocenters. The van der Waals surface area contributed by atoms with Crippen molar-refractivity contribution >= 4 is 11.8 Å². The smallest absolute Gasteiger partial charge is 0.242 e. The highest BCUT2D eigenvalue weighted by molar-refractivity contribution is 5.86. The molecule has 36 heavy (non-hydrogen) atoms. The number of fused-ring (bicyclic) bond motifs is 1. The molecule has 2 amide bonds. The fourth-order valence-corrected chi connectivity index (χ4v) is 4.82. The SMILES string of the molecule is CCCC[C@@H](CC)C(=O)N(CC(=O)N(Cc1ccc2c(c1)OCO2)Cc1ccco1)C[C@H]1CCCO1. The van der Waals surface area contributed by atoms with Crippen LogP contribution in [0.3, 0.4) is 0 Å². The van der Waals surface area contributed by atoms with Crippen LogP contribution in [0.1, 0.15) is 63.7 Å². The van der Waals surface area contributed by atoms with Crippen LogP contribution < -0.4 is 9.47 Å². The molecule has 2 atom stereocenters. The van der Waals surface area contributed by atoms with Gasteiger partial charge in [0.05, 0.1) is 25.5 Å². The molecule has 0 bridgehead atoms. The molecule has 1 aromatic carbocycles. The van der Waals surface area contributed by atoms with Crippen molar-refractivity contribution < 1.29 is 28.2 Å². The summed E-state index contributed by atoms with van der Waals surface area (Å²) in [5.74, 6) is 1.92. The lowest BCUT2D eigenvalue weighted by atomic mass is 9.97. The third-order valence-electron chi connectivity index (χ3n) is 6.92. The van der Waals surface area contributed by atoms with Crippen molar-refractivity contribution in [3.05, 3.63) is 47.9 Å². The van der Waals surface area contributed by atoms with E-state index in [2.05, 4.69) is 6.92 Å². The van der Waals surface area contributed by atoms with Gasteiger partial charge in [-0.25, -0.2) is 0 Å². The number of carbonyl (C=O) groups is 2. The molecule has 8 nitrogen and oxygen atoms in total. The summed E-state index contributed by atoms with van der Waals surface area (Å²) < 4.78 is 22.3. The number of hydrogen-bond donors (Lipinski definition) is 0. The first-order valence-electron chi connectivity index (χ1n) is 13.2. The lowest BCUT2D eigenvalue weighted by Gasteiger charge is -2.31. The summed E-state index contributed by atoms with van der Waals surface area (Å²) in [4.78, 5) is 30.8. The monoisotopic (exact) mass is 498 g/mol. The highest BCUT2D eigenvalue weighted by Gasteiger charge is 2.30. The first-order chi connectivity index (χ1) is 17.6. The Labute approximate surface area is 213 Å². The van der Waals surface area contributed by atoms with Gasteiger partial charge in [-0.1, -0.05) is 32.8 Å². The zero-order valence-corrected chi connectivity index (χ0v) is 21.4. The maximum Gasteiger partial charge on any atom is 0.242 e. The third kappa shape index (κ3) is 6.81. The molecule has 1 fully saturated rings. The maximum atomic E-state index is 13.7. The van der Waals surface area contributed by atoms with Gasteiger partial charge in [0.15, 0.2) is 11.5 Å². The highest BCUT2D eigenvalue weighted by atomic mass is 16.7. The standard InChI is InChI=1S/C28H38N2O6/c1-3-5-8-22(4-2)28(32)30(18-24-10-7-14-34-24)19-27(31)29(17-23-9-6-13-33-23)16-21-11-12-25-26(15-21)36-20-35-25/h6,9,11-13,15,22,24H,3-5,7-8,10,14,16-20H2,1-2H3/t22-,24-/m1/s1. The fraction of sp³-hybridized carbons (Fsp3) is 0.571. The Kier molecular flexibility index (Phi) is 9.28. The van der Waals surface area contributed by atoms with Gasteiger partial charge in [-0.15, -0.1) is 0 Å². The Hall–Kier alpha value is -3.00. The Morgan fingerprint density at radius 2 is 1.94 bits per heavy atom. The molecular formula is C28H38N2O6. The van der Waals surface area contributed by atoms with Crippen LogP contribution in [0.5, 0.6) is 11.5 Å². The van der Waals surface area contributed by atoms with Crippen LogP contribution in [-0.2, 0) is 27.4 Å². The lowest BCUT2D eigenvalue weighted by molar-refractivity contribution is -0.145. The fourth-order valence-electron chi connectivity index (χ4n) is 4.82. The summed E-state index contributed by atoms with van der Waals surface area (Å²) in [7, 11) is 0. The second-order valence-electron chi connectivity index (χ2n) is 9.62. The predicted octanol–water partition coefficient (Wildman–Crippen LogP) is 4.76. The van der Waals surface area contributed by atoms with E-state index in [1.807, 2.05) is 37.3 Å². The second-order valence-corrected chi connectivity index (χ2v) is 9.62. The molecule has 4 rings (SSSR count). The Morgan fingerprint density at radius 1 is 1.08 bits per heavy atom. The van der Waals surface area contributed by atoms with E-state index >= 15 is 0 Å². The molecular weight excluding hydrogens is 460 g/mol. The van der Waals surface area contributed by atoms with Crippen LogP contribution >= 0.6 is 0 Å². The van der Waals surface area contributed by atoms with Crippen molar-refractivity contribution in [1.82, 2.24) is 9.80 Å². The molecule has 0 radical (unpaired) electrons. The van der Waals surface area contributed by atoms with Gasteiger partial charge < -0.3 is 28.4 Å². The largest absolute Gasteiger partial charge is 0.467 e. The van der Waals surface area contributed by atoms with Crippen LogP contribution in [0.4, 0.5) is 0 Å². The number of ether oxygens (including phenoxy) is 3. The number of rotatable bonds is 13. The number of furan rings is 1. The highest BCUT2D eigenvalue weighted by Crippen LogP contribution is 2.33. The Morgan fingerprint density at radius 3 is 2.67 bits per heavy atom. The van der Waals surface area contributed by atoms with E-state index in [0.717, 1.165) is 44.1 Å². The molecule has 2 aliphatic rings. The molecule has 0 spiro atoms. The zero-order chi connectivity index (χ0) is 25.3. The van der Waals surface area contributed by atoms with E-state index in [0.29, 0.717) is 43.5 Å². The average molecular weight is 499 g/mol. The van der Waals surface area contributed by atoms with E-state index in [1.54, 1.807) is 16.1 Å². The number of benzene rings is 1. The Bertz CT molecular complexity index is 986. The molecule has 0 N–H and O–H groups in total. The molecule has 3 heterocycles. The number of unbranched alkanes of at least 4 members (excludes halogenated alkanes) is 1. The van der Waals surface area contributed by atoms with Gasteiger partial charge in [0.1, 0.15) is 5.76 Å². The molecule has 0 saturated carbocycles. The minimum atomic E-state index is -0.124. The van der Waals surface area contributed by atoms with Crippen molar-refractivity contribution in [1.29, 1.82) is 0 Å². The van der Waals surface area contributed by atoms with E-state index in [9.17, 15) is 9.59 Å². The van der Waals surface area contributed by atoms with Gasteiger partial charge in [-0.05, 0) is 55.5 Å². The molecule has 196 valence electrons. The van der Waals surface area contributed by atoms with E-state index in [-0.39, 0.29) is 37.2 Å². The van der Waals surface area contributed by atoms with Crippen molar-refractivity contribution in [2.45, 2.75) is 71.6 Å². The summed E-state index contributed by atoms with van der Waals surface area (Å²) in [6.07, 6.45) is 7.14. The van der Waals surface area contributed by atoms with E-state index in [4.69, 9.17) is 18.6 Å². The number of nitrogens with zero attached hydrogens (tertiary/aromatic N) is 2. The molecule has 2 aromatic rings. The number of hydrogen-bond acceptors (Lipinski definition) is 6. The van der Waals surface area contributed by atoms with Crippen LogP contribution in [0, 0.1) is 5.92 Å². The van der Waals surface area contributed by atoms with E-state index < -0.39 is 0 Å². The van der Waals surface area contributed by atoms with Gasteiger partial charge in [0.25, 0.3) is 0 Å². The number of carbonyl (C=O) groups excluding carboxylic acids is 2. The zero-order valence-electron chi connectivity index (χ0n) is 21.4. The molecule has 1 aromatic heterocycles. The minimum Gasteiger partial charge on any atom is -0.467 e. The van der Waals surface area contributed by atoms with Crippen LogP contribution in [-0.4, -0.2) is 54.2 Å². The first kappa shape index (κ1) is 26.1. The predicted molar refractivity (Wildman–Crippen MR) is 134 cm³/mol.